The van der Waals surface area contributed by atoms with Gasteiger partial charge in [0.2, 0.25) is 0 Å². The molecule has 0 bridgehead atoms. The van der Waals surface area contributed by atoms with Gasteiger partial charge in [0.15, 0.2) is 0 Å². The molecule has 0 radical (unpaired) electrons. The maximum atomic E-state index is 9.56. The second-order valence-corrected chi connectivity index (χ2v) is 6.72. The molecule has 0 aromatic carbocycles. The van der Waals surface area contributed by atoms with Crippen molar-refractivity contribution in [1.82, 2.24) is 0 Å². The van der Waals surface area contributed by atoms with Crippen LogP contribution in [-0.4, -0.2) is 6.37 Å². The second-order valence-electron chi connectivity index (χ2n) is 0.634. The zero-order valence-electron chi connectivity index (χ0n) is 3.12. The van der Waals surface area contributed by atoms with E-state index in [-0.39, 0.29) is 0 Å². The minimum absolute atomic E-state index is 3.64. The first-order valence-electron chi connectivity index (χ1n) is 1.26. The van der Waals surface area contributed by atoms with Crippen molar-refractivity contribution in [2.45, 2.75) is 0 Å². The Morgan fingerprint density at radius 3 is 1.43 bits per heavy atom. The van der Waals surface area contributed by atoms with E-state index >= 15 is 0 Å². The van der Waals surface area contributed by atoms with E-state index in [4.69, 9.17) is 6.37 Å². The van der Waals surface area contributed by atoms with Gasteiger partial charge in [0.05, 0.1) is 0 Å². The summed E-state index contributed by atoms with van der Waals surface area (Å²) in [5.41, 5.74) is 0. The molecule has 0 unspecified atom stereocenters. The predicted molar refractivity (Wildman–Crippen MR) is 6.90 cm³/mol. The van der Waals surface area contributed by atoms with Gasteiger partial charge in [0.25, 0.3) is 0 Å². The molecule has 0 amide bonds. The predicted octanol–water partition coefficient (Wildman–Crippen LogP) is -1.43. The van der Waals surface area contributed by atoms with Crippen LogP contribution in [0.5, 0.6) is 0 Å². The molecule has 0 fully saturated rings. The molecule has 0 saturated carbocycles. The van der Waals surface area contributed by atoms with Crippen LogP contribution in [-0.2, 0) is 51.8 Å². The van der Waals surface area contributed by atoms with Crippen molar-refractivity contribution >= 4 is 0 Å². The van der Waals surface area contributed by atoms with Gasteiger partial charge in [-0.3, -0.25) is 0 Å². The number of hydrogen-bond acceptors (Lipinski definition) is 3. The van der Waals surface area contributed by atoms with Crippen LogP contribution in [0.25, 0.3) is 0 Å². The maximum absolute atomic E-state index is 9.56. The van der Waals surface area contributed by atoms with Crippen LogP contribution >= 0.6 is 0 Å². The molecule has 0 aromatic rings. The molecule has 0 rings (SSSR count). The van der Waals surface area contributed by atoms with Gasteiger partial charge in [-0.05, 0) is 0 Å². The molecular formula is H2O5Zr2. The van der Waals surface area contributed by atoms with Crippen molar-refractivity contribution in [1.29, 1.82) is 0 Å². The van der Waals surface area contributed by atoms with Gasteiger partial charge in [0.1, 0.15) is 0 Å². The number of hydrogen-bond donors (Lipinski definition) is 2. The third-order valence-electron chi connectivity index (χ3n) is 0.175. The minimum atomic E-state index is -3.91. The van der Waals surface area contributed by atoms with E-state index in [1.54, 1.807) is 0 Å². The summed E-state index contributed by atoms with van der Waals surface area (Å²) in [7, 11) is 0. The summed E-state index contributed by atoms with van der Waals surface area (Å²) >= 11 is -7.82. The zero-order chi connectivity index (χ0) is 5.86. The average molecular weight is 264 g/mol. The van der Waals surface area contributed by atoms with E-state index in [0.29, 0.717) is 0 Å². The van der Waals surface area contributed by atoms with Crippen LogP contribution in [0.1, 0.15) is 0 Å². The number of rotatable bonds is 2. The topological polar surface area (TPSA) is 83.8 Å². The molecule has 0 aromatic heterocycles. The van der Waals surface area contributed by atoms with E-state index in [9.17, 15) is 5.63 Å². The van der Waals surface area contributed by atoms with Gasteiger partial charge in [-0.25, -0.2) is 0 Å². The molecule has 7 heteroatoms. The molecule has 0 aliphatic heterocycles. The molecule has 0 aliphatic rings. The fraction of sp³-hybridized carbons (Fsp3) is 0. The molecule has 2 N–H and O–H groups in total. The molecule has 0 aliphatic carbocycles. The van der Waals surface area contributed by atoms with Crippen LogP contribution in [0.2, 0.25) is 0 Å². The third kappa shape index (κ3) is 7.25. The van der Waals surface area contributed by atoms with E-state index in [1.165, 1.54) is 0 Å². The molecular weight excluding hydrogens is 262 g/mol. The van der Waals surface area contributed by atoms with Crippen LogP contribution in [0.15, 0.2) is 0 Å². The standard InChI is InChI=1S/2H2O.3O.2Zr/h2*1H2;;;;;/q;;;;;2*+1/p-2. The van der Waals surface area contributed by atoms with Gasteiger partial charge < -0.3 is 0 Å². The van der Waals surface area contributed by atoms with Crippen molar-refractivity contribution in [3.05, 3.63) is 0 Å². The van der Waals surface area contributed by atoms with E-state index < -0.39 is 45.3 Å². The van der Waals surface area contributed by atoms with Crippen molar-refractivity contribution in [2.24, 2.45) is 0 Å². The summed E-state index contributed by atoms with van der Waals surface area (Å²) in [6, 6.07) is 0. The first kappa shape index (κ1) is 8.25. The quantitative estimate of drug-likeness (QED) is 0.639. The Hall–Kier alpha value is 1.25. The molecule has 5 nitrogen and oxygen atoms in total. The van der Waals surface area contributed by atoms with E-state index in [1.807, 2.05) is 0 Å². The fourth-order valence-corrected chi connectivity index (χ4v) is 2.61. The van der Waals surface area contributed by atoms with Gasteiger partial charge in [-0.1, -0.05) is 0 Å². The molecule has 0 heterocycles. The summed E-state index contributed by atoms with van der Waals surface area (Å²) in [6.07, 6.45) is 0. The summed E-state index contributed by atoms with van der Waals surface area (Å²) in [5, 5.41) is 0. The van der Waals surface area contributed by atoms with Crippen molar-refractivity contribution < 1.29 is 58.2 Å². The van der Waals surface area contributed by atoms with Crippen molar-refractivity contribution in [3.8, 4) is 0 Å². The van der Waals surface area contributed by atoms with E-state index in [2.05, 4.69) is 0.889 Å². The average Bonchev–Trinajstić information content (AvgIpc) is 1.27. The Labute approximate surface area is 57.6 Å². The monoisotopic (exact) mass is 262 g/mol. The normalized spacial score (nSPS) is 8.29. The summed E-state index contributed by atoms with van der Waals surface area (Å²) in [6.45, 7) is 0. The Bertz CT molecular complexity index is 82.3. The molecule has 0 spiro atoms. The van der Waals surface area contributed by atoms with Gasteiger partial charge in [-0.2, -0.15) is 0 Å². The van der Waals surface area contributed by atoms with Crippen molar-refractivity contribution in [2.75, 3.05) is 0 Å². The summed E-state index contributed by atoms with van der Waals surface area (Å²) in [5.74, 6) is 0. The SMILES string of the molecule is [O]=[Zr]([OH])[O][Zr](=[O])[OH]. The van der Waals surface area contributed by atoms with Crippen LogP contribution < -0.4 is 0 Å². The van der Waals surface area contributed by atoms with Gasteiger partial charge in [-0.15, -0.1) is 0 Å². The Kier molecular flexibility index (Phi) is 4.90. The van der Waals surface area contributed by atoms with E-state index in [0.717, 1.165) is 0 Å². The Morgan fingerprint density at radius 2 is 1.43 bits per heavy atom. The fourth-order valence-electron chi connectivity index (χ4n) is 0.0747. The molecule has 40 valence electrons. The van der Waals surface area contributed by atoms with Gasteiger partial charge in [0, 0.05) is 0 Å². The third-order valence-corrected chi connectivity index (χ3v) is 6.11. The van der Waals surface area contributed by atoms with Crippen LogP contribution in [0.4, 0.5) is 0 Å². The first-order chi connectivity index (χ1) is 3.13. The summed E-state index contributed by atoms with van der Waals surface area (Å²) in [4.78, 5) is 0. The first-order valence-corrected chi connectivity index (χ1v) is 7.48. The zero-order valence-corrected chi connectivity index (χ0v) is 8.04. The van der Waals surface area contributed by atoms with Crippen LogP contribution in [0, 0.1) is 0 Å². The molecule has 7 heavy (non-hydrogen) atoms. The Balaban J connectivity index is 3.32. The van der Waals surface area contributed by atoms with Crippen LogP contribution in [0.3, 0.4) is 0 Å². The molecule has 0 saturated heterocycles. The Morgan fingerprint density at radius 1 is 1.14 bits per heavy atom. The summed E-state index contributed by atoms with van der Waals surface area (Å²) < 4.78 is 38.4. The van der Waals surface area contributed by atoms with Crippen molar-refractivity contribution in [3.63, 3.8) is 0 Å². The molecule has 0 atom stereocenters. The van der Waals surface area contributed by atoms with Gasteiger partial charge >= 0.3 is 58.2 Å². The second kappa shape index (κ2) is 4.16.